The van der Waals surface area contributed by atoms with Crippen LogP contribution in [0.4, 0.5) is 4.39 Å². The minimum absolute atomic E-state index is 0.208. The summed E-state index contributed by atoms with van der Waals surface area (Å²) in [5.74, 6) is 0.544. The van der Waals surface area contributed by atoms with Crippen molar-refractivity contribution in [2.75, 3.05) is 26.2 Å². The Morgan fingerprint density at radius 1 is 0.966 bits per heavy atom. The molecule has 1 aromatic carbocycles. The maximum Gasteiger partial charge on any atom is 0.255 e. The zero-order valence-electron chi connectivity index (χ0n) is 16.6. The largest absolute Gasteiger partial charge is 0.312 e. The molecule has 1 aromatic heterocycles. The molecular weight excluding hydrogens is 389 g/mol. The van der Waals surface area contributed by atoms with Crippen molar-refractivity contribution in [3.63, 3.8) is 0 Å². The number of aromatic nitrogens is 1. The lowest BCUT2D eigenvalue weighted by Crippen LogP contribution is -2.47. The highest BCUT2D eigenvalue weighted by Crippen LogP contribution is 2.36. The Morgan fingerprint density at radius 3 is 2.52 bits per heavy atom. The van der Waals surface area contributed by atoms with E-state index in [1.54, 1.807) is 6.07 Å². The Bertz CT molecular complexity index is 969. The minimum Gasteiger partial charge on any atom is -0.312 e. The van der Waals surface area contributed by atoms with Crippen LogP contribution in [0.3, 0.4) is 0 Å². The molecule has 3 aliphatic rings. The summed E-state index contributed by atoms with van der Waals surface area (Å²) in [6, 6.07) is 8.89. The molecule has 2 fully saturated rings. The number of pyridine rings is 1. The SMILES string of the molecule is O=c1c(CN2CCCC2)ccc2n1C[C@H]1C[C@@H]2CN(Cc2ccc(F)cc2Cl)C1. The molecule has 3 aliphatic heterocycles. The third-order valence-electron chi connectivity index (χ3n) is 6.76. The van der Waals surface area contributed by atoms with Gasteiger partial charge in [0.2, 0.25) is 0 Å². The molecule has 2 atom stereocenters. The van der Waals surface area contributed by atoms with E-state index < -0.39 is 0 Å². The normalized spacial score (nSPS) is 24.6. The van der Waals surface area contributed by atoms with Crippen LogP contribution < -0.4 is 5.56 Å². The van der Waals surface area contributed by atoms with Gasteiger partial charge in [-0.15, -0.1) is 0 Å². The van der Waals surface area contributed by atoms with Gasteiger partial charge in [0.25, 0.3) is 5.56 Å². The Hall–Kier alpha value is -1.69. The van der Waals surface area contributed by atoms with E-state index in [0.29, 0.717) is 16.9 Å². The third kappa shape index (κ3) is 3.88. The number of hydrogen-bond donors (Lipinski definition) is 0. The van der Waals surface area contributed by atoms with Crippen molar-refractivity contribution in [2.45, 2.75) is 44.8 Å². The van der Waals surface area contributed by atoms with Crippen molar-refractivity contribution in [1.29, 1.82) is 0 Å². The van der Waals surface area contributed by atoms with Gasteiger partial charge in [0.05, 0.1) is 0 Å². The van der Waals surface area contributed by atoms with E-state index in [4.69, 9.17) is 11.6 Å². The van der Waals surface area contributed by atoms with Gasteiger partial charge in [-0.05, 0) is 62.0 Å². The lowest BCUT2D eigenvalue weighted by molar-refractivity contribution is 0.114. The van der Waals surface area contributed by atoms with Crippen LogP contribution >= 0.6 is 11.6 Å². The Balaban J connectivity index is 1.35. The van der Waals surface area contributed by atoms with Gasteiger partial charge in [0, 0.05) is 54.9 Å². The number of fused-ring (bicyclic) bond motifs is 4. The molecule has 2 aromatic rings. The molecule has 2 saturated heterocycles. The van der Waals surface area contributed by atoms with Gasteiger partial charge in [-0.3, -0.25) is 14.6 Å². The zero-order valence-corrected chi connectivity index (χ0v) is 17.4. The van der Waals surface area contributed by atoms with Crippen LogP contribution in [0.2, 0.25) is 5.02 Å². The van der Waals surface area contributed by atoms with Crippen LogP contribution in [-0.4, -0.2) is 40.5 Å². The molecule has 5 rings (SSSR count). The second-order valence-electron chi connectivity index (χ2n) is 8.91. The number of nitrogens with zero attached hydrogens (tertiary/aromatic N) is 3. The van der Waals surface area contributed by atoms with Gasteiger partial charge in [0.15, 0.2) is 0 Å². The summed E-state index contributed by atoms with van der Waals surface area (Å²) in [7, 11) is 0. The zero-order chi connectivity index (χ0) is 20.0. The monoisotopic (exact) mass is 415 g/mol. The molecule has 0 N–H and O–H groups in total. The van der Waals surface area contributed by atoms with Crippen LogP contribution in [0.15, 0.2) is 35.1 Å². The smallest absolute Gasteiger partial charge is 0.255 e. The van der Waals surface area contributed by atoms with E-state index in [1.807, 2.05) is 4.57 Å². The van der Waals surface area contributed by atoms with E-state index in [2.05, 4.69) is 21.9 Å². The Labute approximate surface area is 175 Å². The highest BCUT2D eigenvalue weighted by Gasteiger charge is 2.35. The summed E-state index contributed by atoms with van der Waals surface area (Å²) in [6.07, 6.45) is 3.62. The molecule has 0 saturated carbocycles. The van der Waals surface area contributed by atoms with Crippen molar-refractivity contribution in [3.8, 4) is 0 Å². The molecule has 4 nitrogen and oxygen atoms in total. The fourth-order valence-electron chi connectivity index (χ4n) is 5.41. The maximum atomic E-state index is 13.3. The Kier molecular flexibility index (Phi) is 5.23. The number of likely N-dealkylation sites (tertiary alicyclic amines) is 2. The number of benzene rings is 1. The first kappa shape index (κ1) is 19.3. The van der Waals surface area contributed by atoms with E-state index in [0.717, 1.165) is 63.4 Å². The lowest BCUT2D eigenvalue weighted by Gasteiger charge is -2.43. The van der Waals surface area contributed by atoms with Gasteiger partial charge < -0.3 is 4.57 Å². The van der Waals surface area contributed by atoms with Crippen LogP contribution in [0.1, 0.15) is 42.0 Å². The second kappa shape index (κ2) is 7.86. The number of piperidine rings is 1. The highest BCUT2D eigenvalue weighted by atomic mass is 35.5. The van der Waals surface area contributed by atoms with Gasteiger partial charge in [0.1, 0.15) is 5.82 Å². The standard InChI is InChI=1S/C23H27ClFN3O/c24-21-10-20(25)5-3-17(21)13-27-11-16-9-19(15-27)22-6-4-18(23(29)28(22)12-16)14-26-7-1-2-8-26/h3-6,10,16,19H,1-2,7-9,11-15H2/t16-,19+/m0/s1. The average molecular weight is 416 g/mol. The second-order valence-corrected chi connectivity index (χ2v) is 9.32. The van der Waals surface area contributed by atoms with Crippen molar-refractivity contribution in [1.82, 2.24) is 14.4 Å². The molecule has 4 heterocycles. The molecular formula is C23H27ClFN3O. The summed E-state index contributed by atoms with van der Waals surface area (Å²) in [6.45, 7) is 6.38. The summed E-state index contributed by atoms with van der Waals surface area (Å²) >= 11 is 6.24. The summed E-state index contributed by atoms with van der Waals surface area (Å²) in [5, 5.41) is 0.490. The topological polar surface area (TPSA) is 28.5 Å². The summed E-state index contributed by atoms with van der Waals surface area (Å²) in [5.41, 5.74) is 3.28. The van der Waals surface area contributed by atoms with Crippen LogP contribution in [0, 0.1) is 11.7 Å². The molecule has 0 aliphatic carbocycles. The number of halogens is 2. The molecule has 154 valence electrons. The van der Waals surface area contributed by atoms with E-state index >= 15 is 0 Å². The average Bonchev–Trinajstić information content (AvgIpc) is 3.20. The molecule has 0 radical (unpaired) electrons. The summed E-state index contributed by atoms with van der Waals surface area (Å²) in [4.78, 5) is 17.9. The lowest BCUT2D eigenvalue weighted by atomic mass is 9.82. The molecule has 2 bridgehead atoms. The molecule has 6 heteroatoms. The van der Waals surface area contributed by atoms with Gasteiger partial charge in [-0.1, -0.05) is 23.7 Å². The van der Waals surface area contributed by atoms with E-state index in [1.165, 1.54) is 30.7 Å². The van der Waals surface area contributed by atoms with E-state index in [9.17, 15) is 9.18 Å². The fourth-order valence-corrected chi connectivity index (χ4v) is 5.64. The van der Waals surface area contributed by atoms with Crippen molar-refractivity contribution in [3.05, 3.63) is 68.3 Å². The highest BCUT2D eigenvalue weighted by molar-refractivity contribution is 6.31. The first-order chi connectivity index (χ1) is 14.1. The van der Waals surface area contributed by atoms with Gasteiger partial charge in [-0.25, -0.2) is 4.39 Å². The van der Waals surface area contributed by atoms with Crippen molar-refractivity contribution >= 4 is 11.6 Å². The van der Waals surface area contributed by atoms with Crippen LogP contribution in [-0.2, 0) is 19.6 Å². The summed E-state index contributed by atoms with van der Waals surface area (Å²) < 4.78 is 15.4. The predicted octanol–water partition coefficient (Wildman–Crippen LogP) is 3.86. The van der Waals surface area contributed by atoms with Gasteiger partial charge >= 0.3 is 0 Å². The molecule has 0 spiro atoms. The minimum atomic E-state index is -0.299. The number of rotatable bonds is 4. The quantitative estimate of drug-likeness (QED) is 0.759. The predicted molar refractivity (Wildman–Crippen MR) is 113 cm³/mol. The van der Waals surface area contributed by atoms with Crippen LogP contribution in [0.5, 0.6) is 0 Å². The van der Waals surface area contributed by atoms with Gasteiger partial charge in [-0.2, -0.15) is 0 Å². The molecule has 29 heavy (non-hydrogen) atoms. The first-order valence-corrected chi connectivity index (χ1v) is 11.1. The van der Waals surface area contributed by atoms with Crippen molar-refractivity contribution in [2.24, 2.45) is 5.92 Å². The third-order valence-corrected chi connectivity index (χ3v) is 7.11. The fraction of sp³-hybridized carbons (Fsp3) is 0.522. The Morgan fingerprint density at radius 2 is 1.72 bits per heavy atom. The maximum absolute atomic E-state index is 13.3. The van der Waals surface area contributed by atoms with Crippen molar-refractivity contribution < 1.29 is 4.39 Å². The molecule has 0 amide bonds. The molecule has 0 unspecified atom stereocenters. The number of hydrogen-bond acceptors (Lipinski definition) is 3. The first-order valence-electron chi connectivity index (χ1n) is 10.7. The van der Waals surface area contributed by atoms with Crippen LogP contribution in [0.25, 0.3) is 0 Å². The van der Waals surface area contributed by atoms with E-state index in [-0.39, 0.29) is 11.4 Å².